The number of anilines is 6. The van der Waals surface area contributed by atoms with Gasteiger partial charge >= 0.3 is 0 Å². The van der Waals surface area contributed by atoms with E-state index in [1.807, 2.05) is 59.5 Å². The van der Waals surface area contributed by atoms with Gasteiger partial charge in [0.1, 0.15) is 11.2 Å². The van der Waals surface area contributed by atoms with Crippen molar-refractivity contribution in [2.45, 2.75) is 52.4 Å². The predicted molar refractivity (Wildman–Crippen MR) is 279 cm³/mol. The number of fused-ring (bicyclic) bond motifs is 10. The van der Waals surface area contributed by atoms with Crippen molar-refractivity contribution in [1.29, 1.82) is 0 Å². The molecule has 0 N–H and O–H groups in total. The van der Waals surface area contributed by atoms with E-state index in [-0.39, 0.29) is 17.5 Å². The van der Waals surface area contributed by atoms with Gasteiger partial charge in [-0.3, -0.25) is 0 Å². The summed E-state index contributed by atoms with van der Waals surface area (Å²) in [7, 11) is 0. The second-order valence-corrected chi connectivity index (χ2v) is 21.8. The molecule has 0 spiro atoms. The molecule has 0 fully saturated rings. The van der Waals surface area contributed by atoms with Gasteiger partial charge in [-0.25, -0.2) is 0 Å². The van der Waals surface area contributed by atoms with Crippen molar-refractivity contribution in [3.05, 3.63) is 175 Å². The van der Waals surface area contributed by atoms with Crippen molar-refractivity contribution in [3.8, 4) is 22.3 Å². The van der Waals surface area contributed by atoms with E-state index in [2.05, 4.69) is 179 Å². The summed E-state index contributed by atoms with van der Waals surface area (Å²) in [5.74, 6) is 0. The third-order valence-electron chi connectivity index (χ3n) is 13.8. The Hall–Kier alpha value is -6.80. The zero-order valence-corrected chi connectivity index (χ0v) is 38.8. The normalized spacial score (nSPS) is 13.6. The molecule has 0 bridgehead atoms. The van der Waals surface area contributed by atoms with Gasteiger partial charge in [-0.1, -0.05) is 133 Å². The topological polar surface area (TPSA) is 32.8 Å². The van der Waals surface area contributed by atoms with Crippen molar-refractivity contribution in [3.63, 3.8) is 0 Å². The molecule has 13 rings (SSSR count). The van der Waals surface area contributed by atoms with Crippen LogP contribution in [-0.2, 0) is 10.8 Å². The molecular formula is C58H45BN2O2S2. The summed E-state index contributed by atoms with van der Waals surface area (Å²) in [4.78, 5) is 5.12. The van der Waals surface area contributed by atoms with E-state index in [0.717, 1.165) is 55.6 Å². The first kappa shape index (κ1) is 38.6. The molecule has 7 aromatic carbocycles. The quantitative estimate of drug-likeness (QED) is 0.165. The molecule has 0 unspecified atom stereocenters. The molecule has 65 heavy (non-hydrogen) atoms. The standard InChI is InChI=1S/C58H45BN2O2S2/c1-57(2,3)36-24-26-50-42(30-36)52-55(64-50)60(38-16-11-14-34(28-38)44-32-62-48-22-9-7-18-40(44)48)46-20-13-21-47-54(46)59(52)53-43-31-37(58(4,5)6)25-27-51(43)65-56(53)61(47)39-17-12-15-35(29-39)45-33-63-49-23-10-8-19-41(45)49/h7-33H,1-6H3. The van der Waals surface area contributed by atoms with Crippen molar-refractivity contribution >= 4 is 121 Å². The summed E-state index contributed by atoms with van der Waals surface area (Å²) < 4.78 is 14.8. The second kappa shape index (κ2) is 13.9. The van der Waals surface area contributed by atoms with E-state index in [4.69, 9.17) is 8.83 Å². The van der Waals surface area contributed by atoms with Crippen LogP contribution in [0.2, 0.25) is 0 Å². The van der Waals surface area contributed by atoms with Crippen LogP contribution in [0, 0.1) is 0 Å². The van der Waals surface area contributed by atoms with Crippen molar-refractivity contribution < 1.29 is 8.83 Å². The van der Waals surface area contributed by atoms with Crippen LogP contribution < -0.4 is 26.2 Å². The largest absolute Gasteiger partial charge is 0.464 e. The number of para-hydroxylation sites is 2. The Labute approximate surface area is 387 Å². The number of hydrogen-bond donors (Lipinski definition) is 0. The first-order valence-corrected chi connectivity index (χ1v) is 24.1. The highest BCUT2D eigenvalue weighted by molar-refractivity contribution is 7.29. The molecule has 4 aromatic heterocycles. The average Bonchev–Trinajstić information content (AvgIpc) is 4.11. The van der Waals surface area contributed by atoms with Crippen molar-refractivity contribution in [2.75, 3.05) is 9.80 Å². The highest BCUT2D eigenvalue weighted by Crippen LogP contribution is 2.51. The number of benzene rings is 7. The minimum absolute atomic E-state index is 0.00589. The summed E-state index contributed by atoms with van der Waals surface area (Å²) in [6.07, 6.45) is 3.82. The van der Waals surface area contributed by atoms with Gasteiger partial charge in [-0.05, 0) is 121 Å². The van der Waals surface area contributed by atoms with Gasteiger partial charge in [0.2, 0.25) is 0 Å². The Morgan fingerprint density at radius 1 is 0.431 bits per heavy atom. The molecule has 0 amide bonds. The minimum Gasteiger partial charge on any atom is -0.464 e. The van der Waals surface area contributed by atoms with E-state index < -0.39 is 0 Å². The fourth-order valence-electron chi connectivity index (χ4n) is 10.4. The predicted octanol–water partition coefficient (Wildman–Crippen LogP) is 15.6. The first-order chi connectivity index (χ1) is 31.5. The van der Waals surface area contributed by atoms with Crippen LogP contribution in [-0.4, -0.2) is 6.71 Å². The van der Waals surface area contributed by atoms with Crippen molar-refractivity contribution in [2.24, 2.45) is 0 Å². The summed E-state index contributed by atoms with van der Waals surface area (Å²) in [6, 6.07) is 56.2. The van der Waals surface area contributed by atoms with E-state index in [1.165, 1.54) is 69.1 Å². The number of rotatable bonds is 4. The number of nitrogens with zero attached hydrogens (tertiary/aromatic N) is 2. The molecule has 0 atom stereocenters. The highest BCUT2D eigenvalue weighted by Gasteiger charge is 2.47. The molecule has 2 aliphatic rings. The van der Waals surface area contributed by atoms with Gasteiger partial charge in [-0.15, -0.1) is 22.7 Å². The minimum atomic E-state index is -0.0152. The smallest absolute Gasteiger partial charge is 0.256 e. The summed E-state index contributed by atoms with van der Waals surface area (Å²) in [5.41, 5.74) is 17.6. The van der Waals surface area contributed by atoms with Crippen LogP contribution in [0.1, 0.15) is 52.7 Å². The molecule has 0 saturated heterocycles. The van der Waals surface area contributed by atoms with Crippen LogP contribution in [0.15, 0.2) is 173 Å². The number of thiophene rings is 2. The lowest BCUT2D eigenvalue weighted by Gasteiger charge is -2.42. The summed E-state index contributed by atoms with van der Waals surface area (Å²) in [6.45, 7) is 14.0. The van der Waals surface area contributed by atoms with Gasteiger partial charge in [0.05, 0.1) is 22.5 Å². The Bertz CT molecular complexity index is 3500. The Morgan fingerprint density at radius 3 is 1.34 bits per heavy atom. The molecule has 11 aromatic rings. The lowest BCUT2D eigenvalue weighted by Crippen LogP contribution is -2.60. The fraction of sp³-hybridized carbons (Fsp3) is 0.138. The van der Waals surface area contributed by atoms with Crippen LogP contribution in [0.4, 0.5) is 32.8 Å². The van der Waals surface area contributed by atoms with Gasteiger partial charge in [0.15, 0.2) is 0 Å². The summed E-state index contributed by atoms with van der Waals surface area (Å²) >= 11 is 3.83. The molecule has 0 aliphatic carbocycles. The van der Waals surface area contributed by atoms with Crippen LogP contribution in [0.5, 0.6) is 0 Å². The molecule has 2 aliphatic heterocycles. The average molecular weight is 877 g/mol. The zero-order chi connectivity index (χ0) is 43.9. The Morgan fingerprint density at radius 2 is 0.877 bits per heavy atom. The molecular weight excluding hydrogens is 832 g/mol. The van der Waals surface area contributed by atoms with Gasteiger partial charge < -0.3 is 18.6 Å². The van der Waals surface area contributed by atoms with Gasteiger partial charge in [-0.2, -0.15) is 0 Å². The van der Waals surface area contributed by atoms with E-state index >= 15 is 0 Å². The molecule has 0 radical (unpaired) electrons. The molecule has 6 heterocycles. The van der Waals surface area contributed by atoms with E-state index in [1.54, 1.807) is 0 Å². The SMILES string of the molecule is CC(C)(C)c1ccc2sc3c(c2c1)B1c2c(cccc2N(c2cccc(-c4coc5ccccc45)c2)c2sc4ccc(C(C)(C)C)cc4c21)N3c1cccc(-c2coc3ccccc23)c1. The second-order valence-electron chi connectivity index (χ2n) is 19.8. The van der Waals surface area contributed by atoms with Crippen LogP contribution in [0.25, 0.3) is 64.4 Å². The van der Waals surface area contributed by atoms with Crippen LogP contribution in [0.3, 0.4) is 0 Å². The van der Waals surface area contributed by atoms with E-state index in [0.29, 0.717) is 0 Å². The van der Waals surface area contributed by atoms with Gasteiger partial charge in [0.25, 0.3) is 6.71 Å². The lowest BCUT2D eigenvalue weighted by molar-refractivity contribution is 0.591. The van der Waals surface area contributed by atoms with Crippen LogP contribution >= 0.6 is 22.7 Å². The fourth-order valence-corrected chi connectivity index (χ4v) is 13.0. The third-order valence-corrected chi connectivity index (χ3v) is 16.1. The molecule has 4 nitrogen and oxygen atoms in total. The monoisotopic (exact) mass is 876 g/mol. The van der Waals surface area contributed by atoms with Crippen molar-refractivity contribution in [1.82, 2.24) is 0 Å². The lowest BCUT2D eigenvalue weighted by atomic mass is 9.33. The maximum atomic E-state index is 6.11. The molecule has 7 heteroatoms. The number of furan rings is 2. The molecule has 314 valence electrons. The molecule has 0 saturated carbocycles. The first-order valence-electron chi connectivity index (χ1n) is 22.5. The summed E-state index contributed by atoms with van der Waals surface area (Å²) in [5, 5.41) is 7.45. The maximum Gasteiger partial charge on any atom is 0.256 e. The number of hydrogen-bond acceptors (Lipinski definition) is 6. The third kappa shape index (κ3) is 5.81. The van der Waals surface area contributed by atoms with Gasteiger partial charge in [0, 0.05) is 54.0 Å². The Balaban J connectivity index is 1.11. The van der Waals surface area contributed by atoms with E-state index in [9.17, 15) is 0 Å². The highest BCUT2D eigenvalue weighted by atomic mass is 32.1. The maximum absolute atomic E-state index is 6.11. The Kier molecular flexibility index (Phi) is 8.24. The zero-order valence-electron chi connectivity index (χ0n) is 37.2.